The second-order valence-corrected chi connectivity index (χ2v) is 9.48. The number of carbonyl (C=O) groups is 1. The van der Waals surface area contributed by atoms with Crippen LogP contribution in [-0.4, -0.2) is 35.7 Å². The van der Waals surface area contributed by atoms with Gasteiger partial charge in [-0.3, -0.25) is 4.79 Å². The highest BCUT2D eigenvalue weighted by atomic mass is 35.5. The highest BCUT2D eigenvalue weighted by molar-refractivity contribution is 7.20. The van der Waals surface area contributed by atoms with Crippen LogP contribution in [0.3, 0.4) is 0 Å². The average Bonchev–Trinajstić information content (AvgIpc) is 3.35. The molecule has 2 aromatic heterocycles. The molecule has 0 saturated carbocycles. The van der Waals surface area contributed by atoms with Crippen LogP contribution < -0.4 is 15.4 Å². The number of benzene rings is 1. The van der Waals surface area contributed by atoms with Crippen LogP contribution in [0, 0.1) is 6.92 Å². The molecule has 1 aliphatic heterocycles. The van der Waals surface area contributed by atoms with Gasteiger partial charge in [0.1, 0.15) is 5.75 Å². The lowest BCUT2D eigenvalue weighted by atomic mass is 10.1. The van der Waals surface area contributed by atoms with Crippen LogP contribution in [0.4, 0.5) is 16.0 Å². The molecule has 0 aliphatic carbocycles. The molecule has 1 aliphatic rings. The number of aromatic nitrogens is 2. The van der Waals surface area contributed by atoms with E-state index in [0.29, 0.717) is 27.5 Å². The maximum absolute atomic E-state index is 12.4. The number of carbonyl (C=O) groups excluding carboxylic acids is 1. The van der Waals surface area contributed by atoms with Gasteiger partial charge in [-0.25, -0.2) is 9.97 Å². The Bertz CT molecular complexity index is 1060. The van der Waals surface area contributed by atoms with Gasteiger partial charge in [0.2, 0.25) is 5.91 Å². The predicted molar refractivity (Wildman–Crippen MR) is 126 cm³/mol. The van der Waals surface area contributed by atoms with Gasteiger partial charge in [-0.1, -0.05) is 22.9 Å². The Morgan fingerprint density at radius 2 is 2.19 bits per heavy atom. The first-order valence-corrected chi connectivity index (χ1v) is 12.0. The number of aryl methyl sites for hydroxylation is 1. The maximum atomic E-state index is 12.4. The number of nitrogens with one attached hydrogen (secondary N) is 2. The standard InChI is InChI=1S/C21H23ClN4O3S2/c1-12-19(31-21(23-12)26-18(27)10-14-5-3-4-8-29-14)16-11-30-20(25-16)24-15-9-13(22)6-7-17(15)28-2/h6-7,9,11,14H,3-5,8,10H2,1-2H3,(H,24,25)(H,23,26,27). The van der Waals surface area contributed by atoms with E-state index >= 15 is 0 Å². The van der Waals surface area contributed by atoms with Crippen LogP contribution >= 0.6 is 34.3 Å². The van der Waals surface area contributed by atoms with E-state index < -0.39 is 0 Å². The van der Waals surface area contributed by atoms with Gasteiger partial charge < -0.3 is 20.1 Å². The monoisotopic (exact) mass is 478 g/mol. The quantitative estimate of drug-likeness (QED) is 0.441. The first-order valence-electron chi connectivity index (χ1n) is 9.97. The first kappa shape index (κ1) is 22.0. The molecule has 164 valence electrons. The van der Waals surface area contributed by atoms with E-state index in [0.717, 1.165) is 47.8 Å². The first-order chi connectivity index (χ1) is 15.0. The Morgan fingerprint density at radius 1 is 1.32 bits per heavy atom. The normalized spacial score (nSPS) is 16.2. The van der Waals surface area contributed by atoms with E-state index in [9.17, 15) is 4.79 Å². The molecule has 1 amide bonds. The lowest BCUT2D eigenvalue weighted by Gasteiger charge is -2.21. The Labute approximate surface area is 193 Å². The lowest BCUT2D eigenvalue weighted by Crippen LogP contribution is -2.25. The fraction of sp³-hybridized carbons (Fsp3) is 0.381. The summed E-state index contributed by atoms with van der Waals surface area (Å²) in [6, 6.07) is 5.37. The van der Waals surface area contributed by atoms with Crippen molar-refractivity contribution in [3.8, 4) is 16.3 Å². The minimum absolute atomic E-state index is 0.00457. The Morgan fingerprint density at radius 3 is 2.97 bits per heavy atom. The summed E-state index contributed by atoms with van der Waals surface area (Å²) < 4.78 is 11.0. The summed E-state index contributed by atoms with van der Waals surface area (Å²) in [4.78, 5) is 22.5. The number of hydrogen-bond acceptors (Lipinski definition) is 8. The van der Waals surface area contributed by atoms with Gasteiger partial charge in [0.05, 0.1) is 41.6 Å². The van der Waals surface area contributed by atoms with Crippen molar-refractivity contribution in [3.63, 3.8) is 0 Å². The van der Waals surface area contributed by atoms with E-state index in [1.165, 1.54) is 22.7 Å². The minimum Gasteiger partial charge on any atom is -0.495 e. The summed E-state index contributed by atoms with van der Waals surface area (Å²) in [6.45, 7) is 2.65. The average molecular weight is 479 g/mol. The third-order valence-electron chi connectivity index (χ3n) is 4.87. The van der Waals surface area contributed by atoms with Crippen molar-refractivity contribution in [1.29, 1.82) is 0 Å². The zero-order chi connectivity index (χ0) is 21.8. The SMILES string of the molecule is COc1ccc(Cl)cc1Nc1nc(-c2sc(NC(=O)CC3CCCCO3)nc2C)cs1. The van der Waals surface area contributed by atoms with Crippen molar-refractivity contribution in [2.75, 3.05) is 24.4 Å². The molecule has 4 rings (SSSR count). The smallest absolute Gasteiger partial charge is 0.228 e. The highest BCUT2D eigenvalue weighted by Gasteiger charge is 2.20. The molecular weight excluding hydrogens is 456 g/mol. The molecule has 1 atom stereocenters. The van der Waals surface area contributed by atoms with Gasteiger partial charge in [0.15, 0.2) is 10.3 Å². The number of thiazole rings is 2. The van der Waals surface area contributed by atoms with Crippen LogP contribution in [0.15, 0.2) is 23.6 Å². The summed E-state index contributed by atoms with van der Waals surface area (Å²) in [7, 11) is 1.61. The van der Waals surface area contributed by atoms with E-state index in [1.54, 1.807) is 25.3 Å². The number of methoxy groups -OCH3 is 1. The highest BCUT2D eigenvalue weighted by Crippen LogP contribution is 2.37. The Kier molecular flexibility index (Phi) is 7.06. The van der Waals surface area contributed by atoms with Crippen molar-refractivity contribution in [1.82, 2.24) is 9.97 Å². The molecule has 3 aromatic rings. The van der Waals surface area contributed by atoms with Crippen LogP contribution in [-0.2, 0) is 9.53 Å². The molecule has 0 radical (unpaired) electrons. The van der Waals surface area contributed by atoms with Crippen LogP contribution in [0.5, 0.6) is 5.75 Å². The molecule has 1 saturated heterocycles. The summed E-state index contributed by atoms with van der Waals surface area (Å²) in [5, 5.41) is 10.0. The maximum Gasteiger partial charge on any atom is 0.228 e. The zero-order valence-electron chi connectivity index (χ0n) is 17.2. The third kappa shape index (κ3) is 5.54. The minimum atomic E-state index is -0.0686. The fourth-order valence-corrected chi connectivity index (χ4v) is 5.27. The summed E-state index contributed by atoms with van der Waals surface area (Å²) in [5.74, 6) is 0.614. The molecule has 31 heavy (non-hydrogen) atoms. The second kappa shape index (κ2) is 9.95. The van der Waals surface area contributed by atoms with Gasteiger partial charge in [-0.05, 0) is 44.4 Å². The number of hydrogen-bond donors (Lipinski definition) is 2. The van der Waals surface area contributed by atoms with E-state index in [-0.39, 0.29) is 12.0 Å². The number of rotatable bonds is 7. The summed E-state index contributed by atoms with van der Waals surface area (Å²) in [5.41, 5.74) is 2.38. The largest absolute Gasteiger partial charge is 0.495 e. The van der Waals surface area contributed by atoms with Crippen molar-refractivity contribution >= 4 is 56.1 Å². The van der Waals surface area contributed by atoms with Crippen molar-refractivity contribution < 1.29 is 14.3 Å². The van der Waals surface area contributed by atoms with E-state index in [2.05, 4.69) is 20.6 Å². The fourth-order valence-electron chi connectivity index (χ4n) is 3.36. The van der Waals surface area contributed by atoms with Gasteiger partial charge >= 0.3 is 0 Å². The number of amides is 1. The van der Waals surface area contributed by atoms with Crippen molar-refractivity contribution in [3.05, 3.63) is 34.3 Å². The molecule has 1 fully saturated rings. The van der Waals surface area contributed by atoms with Crippen LogP contribution in [0.2, 0.25) is 5.02 Å². The van der Waals surface area contributed by atoms with Crippen molar-refractivity contribution in [2.45, 2.75) is 38.7 Å². The van der Waals surface area contributed by atoms with Gasteiger partial charge in [0, 0.05) is 17.0 Å². The Hall–Kier alpha value is -2.20. The molecule has 10 heteroatoms. The van der Waals surface area contributed by atoms with Crippen molar-refractivity contribution in [2.24, 2.45) is 0 Å². The summed E-state index contributed by atoms with van der Waals surface area (Å²) >= 11 is 9.00. The summed E-state index contributed by atoms with van der Waals surface area (Å²) in [6.07, 6.45) is 3.48. The molecule has 1 aromatic carbocycles. The van der Waals surface area contributed by atoms with Gasteiger partial charge in [-0.2, -0.15) is 0 Å². The second-order valence-electron chi connectivity index (χ2n) is 7.18. The number of anilines is 3. The molecule has 0 spiro atoms. The third-order valence-corrected chi connectivity index (χ3v) is 6.96. The van der Waals surface area contributed by atoms with Gasteiger partial charge in [-0.15, -0.1) is 11.3 Å². The molecular formula is C21H23ClN4O3S2. The number of nitrogens with zero attached hydrogens (tertiary/aromatic N) is 2. The molecule has 3 heterocycles. The topological polar surface area (TPSA) is 85.4 Å². The number of halogens is 1. The van der Waals surface area contributed by atoms with E-state index in [1.807, 2.05) is 12.3 Å². The van der Waals surface area contributed by atoms with Crippen LogP contribution in [0.1, 0.15) is 31.4 Å². The lowest BCUT2D eigenvalue weighted by molar-refractivity contribution is -0.119. The van der Waals surface area contributed by atoms with E-state index in [4.69, 9.17) is 21.1 Å². The van der Waals surface area contributed by atoms with Crippen LogP contribution in [0.25, 0.3) is 10.6 Å². The molecule has 1 unspecified atom stereocenters. The molecule has 7 nitrogen and oxygen atoms in total. The zero-order valence-corrected chi connectivity index (χ0v) is 19.6. The molecule has 2 N–H and O–H groups in total. The Balaban J connectivity index is 1.44. The predicted octanol–water partition coefficient (Wildman–Crippen LogP) is 5.88. The van der Waals surface area contributed by atoms with Gasteiger partial charge in [0.25, 0.3) is 0 Å². The molecule has 0 bridgehead atoms. The number of ether oxygens (including phenoxy) is 2.